The summed E-state index contributed by atoms with van der Waals surface area (Å²) in [4.78, 5) is 12.4. The topological polar surface area (TPSA) is 100 Å². The first-order chi connectivity index (χ1) is 17.3. The summed E-state index contributed by atoms with van der Waals surface area (Å²) < 4.78 is 19.3. The summed E-state index contributed by atoms with van der Waals surface area (Å²) >= 11 is 0. The molecule has 0 spiro atoms. The molecule has 4 atom stereocenters. The van der Waals surface area contributed by atoms with E-state index in [4.69, 9.17) is 14.2 Å². The molecule has 2 aliphatic heterocycles. The van der Waals surface area contributed by atoms with Gasteiger partial charge >= 0.3 is 6.09 Å². The molecule has 2 fully saturated rings. The van der Waals surface area contributed by atoms with Crippen molar-refractivity contribution in [3.8, 4) is 22.5 Å². The third kappa shape index (κ3) is 4.27. The highest BCUT2D eigenvalue weighted by atomic mass is 16.6. The van der Waals surface area contributed by atoms with Gasteiger partial charge in [0.15, 0.2) is 11.9 Å². The van der Waals surface area contributed by atoms with Gasteiger partial charge in [0.1, 0.15) is 18.2 Å². The first kappa shape index (κ1) is 21.5. The van der Waals surface area contributed by atoms with Gasteiger partial charge in [0, 0.05) is 11.3 Å². The maximum Gasteiger partial charge on any atom is 0.412 e. The van der Waals surface area contributed by atoms with Crippen LogP contribution >= 0.6 is 0 Å². The van der Waals surface area contributed by atoms with E-state index < -0.39 is 12.2 Å². The second-order valence-corrected chi connectivity index (χ2v) is 8.49. The summed E-state index contributed by atoms with van der Waals surface area (Å²) in [5.41, 5.74) is 3.82. The number of anilines is 1. The molecular formula is C26H23N5O4. The summed E-state index contributed by atoms with van der Waals surface area (Å²) in [7, 11) is 0. The van der Waals surface area contributed by atoms with Gasteiger partial charge in [-0.3, -0.25) is 5.32 Å². The molecule has 1 aromatic heterocycles. The van der Waals surface area contributed by atoms with Gasteiger partial charge in [0.25, 0.3) is 0 Å². The molecule has 0 aliphatic carbocycles. The number of benzene rings is 3. The predicted octanol–water partition coefficient (Wildman–Crippen LogP) is 3.96. The number of ether oxygens (including phenoxy) is 3. The van der Waals surface area contributed by atoms with Crippen LogP contribution in [-0.4, -0.2) is 57.8 Å². The van der Waals surface area contributed by atoms with Crippen molar-refractivity contribution in [2.45, 2.75) is 24.4 Å². The highest BCUT2D eigenvalue weighted by molar-refractivity contribution is 5.84. The van der Waals surface area contributed by atoms with Crippen LogP contribution in [0, 0.1) is 0 Å². The number of hydrogen-bond acceptors (Lipinski definition) is 7. The van der Waals surface area contributed by atoms with Crippen molar-refractivity contribution >= 4 is 11.8 Å². The Balaban J connectivity index is 1.15. The molecule has 2 saturated heterocycles. The highest BCUT2D eigenvalue weighted by Gasteiger charge is 2.51. The summed E-state index contributed by atoms with van der Waals surface area (Å²) in [5, 5.41) is 15.1. The molecule has 2 aliphatic rings. The Hall–Kier alpha value is -4.08. The number of amides is 1. The fourth-order valence-corrected chi connectivity index (χ4v) is 4.61. The molecule has 0 radical (unpaired) electrons. The number of hydrogen-bond donors (Lipinski definition) is 1. The van der Waals surface area contributed by atoms with Crippen LogP contribution in [0.3, 0.4) is 0 Å². The summed E-state index contributed by atoms with van der Waals surface area (Å²) in [6, 6.07) is 27.2. The highest BCUT2D eigenvalue weighted by Crippen LogP contribution is 2.37. The normalized spacial score (nSPS) is 23.1. The van der Waals surface area contributed by atoms with E-state index in [0.717, 1.165) is 16.7 Å². The van der Waals surface area contributed by atoms with Gasteiger partial charge in [-0.15, -0.1) is 5.10 Å². The zero-order valence-corrected chi connectivity index (χ0v) is 18.7. The number of nitrogens with zero attached hydrogens (tertiary/aromatic N) is 4. The Kier molecular flexibility index (Phi) is 5.69. The van der Waals surface area contributed by atoms with E-state index >= 15 is 0 Å². The Labute approximate surface area is 201 Å². The average Bonchev–Trinajstić information content (AvgIpc) is 3.63. The van der Waals surface area contributed by atoms with Crippen LogP contribution in [0.15, 0.2) is 84.9 Å². The largest absolute Gasteiger partial charge is 0.441 e. The van der Waals surface area contributed by atoms with E-state index in [1.54, 1.807) is 16.8 Å². The minimum Gasteiger partial charge on any atom is -0.441 e. The van der Waals surface area contributed by atoms with Crippen molar-refractivity contribution in [2.75, 3.05) is 18.5 Å². The van der Waals surface area contributed by atoms with E-state index in [2.05, 4.69) is 45.1 Å². The third-order valence-corrected chi connectivity index (χ3v) is 6.32. The van der Waals surface area contributed by atoms with Crippen molar-refractivity contribution in [1.82, 2.24) is 20.2 Å². The fraction of sp³-hybridized carbons (Fsp3) is 0.231. The Morgan fingerprint density at radius 2 is 1.49 bits per heavy atom. The minimum absolute atomic E-state index is 0.232. The predicted molar refractivity (Wildman–Crippen MR) is 128 cm³/mol. The maximum atomic E-state index is 12.4. The Morgan fingerprint density at radius 3 is 2.26 bits per heavy atom. The molecule has 9 heteroatoms. The molecule has 1 N–H and O–H groups in total. The molecule has 0 unspecified atom stereocenters. The molecule has 3 aromatic carbocycles. The van der Waals surface area contributed by atoms with Crippen LogP contribution in [0.2, 0.25) is 0 Å². The third-order valence-electron chi connectivity index (χ3n) is 6.32. The Bertz CT molecular complexity index is 1300. The van der Waals surface area contributed by atoms with Crippen molar-refractivity contribution < 1.29 is 19.0 Å². The molecule has 9 nitrogen and oxygen atoms in total. The molecule has 4 aromatic rings. The van der Waals surface area contributed by atoms with E-state index in [0.29, 0.717) is 18.1 Å². The quantitative estimate of drug-likeness (QED) is 0.472. The van der Waals surface area contributed by atoms with Gasteiger partial charge in [-0.25, -0.2) is 9.48 Å². The molecule has 1 amide bonds. The minimum atomic E-state index is -0.542. The summed E-state index contributed by atoms with van der Waals surface area (Å²) in [5.74, 6) is 0.633. The second-order valence-electron chi connectivity index (χ2n) is 8.49. The first-order valence-corrected chi connectivity index (χ1v) is 11.5. The number of fused-ring (bicyclic) bond motifs is 1. The van der Waals surface area contributed by atoms with E-state index in [9.17, 15) is 4.79 Å². The van der Waals surface area contributed by atoms with Crippen molar-refractivity contribution in [3.05, 3.63) is 84.9 Å². The zero-order valence-electron chi connectivity index (χ0n) is 18.7. The first-order valence-electron chi connectivity index (χ1n) is 11.5. The van der Waals surface area contributed by atoms with Gasteiger partial charge in [-0.1, -0.05) is 72.8 Å². The van der Waals surface area contributed by atoms with Crippen LogP contribution in [0.4, 0.5) is 10.5 Å². The van der Waals surface area contributed by atoms with Crippen LogP contribution in [0.1, 0.15) is 6.04 Å². The molecule has 0 saturated carbocycles. The van der Waals surface area contributed by atoms with Crippen LogP contribution in [-0.2, 0) is 14.2 Å². The number of tetrazole rings is 1. The standard InChI is InChI=1S/C26H23N5O4/c32-26(27-20-9-5-2-6-10-20)35-22-16-34-23-21(15-33-24(22)23)31-25(28-29-30-31)19-13-11-18(12-14-19)17-7-3-1-4-8-17/h1-14,21-24H,15-16H2,(H,27,32)/t21-,22+,23+,24+/m0/s1. The monoisotopic (exact) mass is 469 g/mol. The molecule has 0 bridgehead atoms. The number of para-hydroxylation sites is 1. The van der Waals surface area contributed by atoms with Crippen LogP contribution in [0.25, 0.3) is 22.5 Å². The van der Waals surface area contributed by atoms with Gasteiger partial charge in [0.2, 0.25) is 0 Å². The second kappa shape index (κ2) is 9.28. The van der Waals surface area contributed by atoms with Gasteiger partial charge in [0.05, 0.1) is 13.2 Å². The molecule has 35 heavy (non-hydrogen) atoms. The number of carbonyl (C=O) groups is 1. The zero-order chi connectivity index (χ0) is 23.6. The van der Waals surface area contributed by atoms with Gasteiger partial charge < -0.3 is 14.2 Å². The van der Waals surface area contributed by atoms with Crippen LogP contribution in [0.5, 0.6) is 0 Å². The Morgan fingerprint density at radius 1 is 0.829 bits per heavy atom. The van der Waals surface area contributed by atoms with E-state index in [-0.39, 0.29) is 24.9 Å². The number of carbonyl (C=O) groups excluding carboxylic acids is 1. The van der Waals surface area contributed by atoms with Crippen molar-refractivity contribution in [3.63, 3.8) is 0 Å². The number of nitrogens with one attached hydrogen (secondary N) is 1. The van der Waals surface area contributed by atoms with E-state index in [1.807, 2.05) is 48.5 Å². The average molecular weight is 470 g/mol. The number of aromatic nitrogens is 4. The number of rotatable bonds is 5. The smallest absolute Gasteiger partial charge is 0.412 e. The lowest BCUT2D eigenvalue weighted by atomic mass is 10.0. The lowest BCUT2D eigenvalue weighted by Crippen LogP contribution is -2.35. The molecular weight excluding hydrogens is 446 g/mol. The van der Waals surface area contributed by atoms with Crippen molar-refractivity contribution in [2.24, 2.45) is 0 Å². The van der Waals surface area contributed by atoms with E-state index in [1.165, 1.54) is 0 Å². The van der Waals surface area contributed by atoms with Gasteiger partial charge in [-0.05, 0) is 33.7 Å². The SMILES string of the molecule is O=C(Nc1ccccc1)O[C@@H]1CO[C@H]2[C@@H]1OC[C@@H]2n1nnnc1-c1ccc(-c2ccccc2)cc1. The summed E-state index contributed by atoms with van der Waals surface area (Å²) in [6.07, 6.45) is -1.77. The molecule has 6 rings (SSSR count). The summed E-state index contributed by atoms with van der Waals surface area (Å²) in [6.45, 7) is 0.604. The fourth-order valence-electron chi connectivity index (χ4n) is 4.61. The molecule has 3 heterocycles. The lowest BCUT2D eigenvalue weighted by molar-refractivity contribution is 0.00774. The van der Waals surface area contributed by atoms with Crippen LogP contribution < -0.4 is 5.32 Å². The van der Waals surface area contributed by atoms with Crippen molar-refractivity contribution in [1.29, 1.82) is 0 Å². The lowest BCUT2D eigenvalue weighted by Gasteiger charge is -2.18. The molecule has 176 valence electrons. The van der Waals surface area contributed by atoms with Gasteiger partial charge in [-0.2, -0.15) is 0 Å². The maximum absolute atomic E-state index is 12.4.